The molecule has 1 aromatic carbocycles. The molecule has 1 fully saturated rings. The molecule has 0 unspecified atom stereocenters. The number of hydrogen-bond acceptors (Lipinski definition) is 3. The minimum atomic E-state index is -0.318. The summed E-state index contributed by atoms with van der Waals surface area (Å²) < 4.78 is 0.927. The van der Waals surface area contributed by atoms with E-state index in [9.17, 15) is 9.59 Å². The van der Waals surface area contributed by atoms with Crippen molar-refractivity contribution in [1.82, 2.24) is 5.32 Å². The Morgan fingerprint density at radius 2 is 2.06 bits per heavy atom. The van der Waals surface area contributed by atoms with Crippen LogP contribution >= 0.6 is 27.7 Å². The standard InChI is InChI=1S/C11H10BrNO2S/c12-8-3-1-7(2-4-8)10(14)13-9-5-6-16-11(9)15/h1-4,9H,5-6H2,(H,13,14)/t9-/m0/s1. The van der Waals surface area contributed by atoms with Crippen molar-refractivity contribution in [2.75, 3.05) is 5.75 Å². The molecular formula is C11H10BrNO2S. The Labute approximate surface area is 106 Å². The molecule has 84 valence electrons. The summed E-state index contributed by atoms with van der Waals surface area (Å²) in [4.78, 5) is 23.1. The van der Waals surface area contributed by atoms with Crippen LogP contribution in [-0.4, -0.2) is 22.8 Å². The largest absolute Gasteiger partial charge is 0.341 e. The summed E-state index contributed by atoms with van der Waals surface area (Å²) in [5.74, 6) is 0.609. The molecule has 2 rings (SSSR count). The summed E-state index contributed by atoms with van der Waals surface area (Å²) in [6.07, 6.45) is 0.728. The van der Waals surface area contributed by atoms with Gasteiger partial charge in [0, 0.05) is 15.8 Å². The maximum absolute atomic E-state index is 11.8. The number of hydrogen-bond donors (Lipinski definition) is 1. The number of rotatable bonds is 2. The lowest BCUT2D eigenvalue weighted by Crippen LogP contribution is -2.37. The zero-order valence-electron chi connectivity index (χ0n) is 8.40. The molecule has 0 saturated carbocycles. The maximum Gasteiger partial charge on any atom is 0.251 e. The summed E-state index contributed by atoms with van der Waals surface area (Å²) in [5.41, 5.74) is 0.577. The number of amides is 1. The Morgan fingerprint density at radius 3 is 2.62 bits per heavy atom. The summed E-state index contributed by atoms with van der Waals surface area (Å²) in [7, 11) is 0. The molecule has 1 N–H and O–H groups in total. The molecule has 1 saturated heterocycles. The Morgan fingerprint density at radius 1 is 1.38 bits per heavy atom. The van der Waals surface area contributed by atoms with Crippen LogP contribution in [0.15, 0.2) is 28.7 Å². The topological polar surface area (TPSA) is 46.2 Å². The highest BCUT2D eigenvalue weighted by Gasteiger charge is 2.26. The van der Waals surface area contributed by atoms with Crippen molar-refractivity contribution in [1.29, 1.82) is 0 Å². The molecule has 5 heteroatoms. The van der Waals surface area contributed by atoms with Crippen molar-refractivity contribution in [2.24, 2.45) is 0 Å². The zero-order valence-corrected chi connectivity index (χ0v) is 10.8. The average molecular weight is 300 g/mol. The molecule has 1 aliphatic rings. The number of halogens is 1. The van der Waals surface area contributed by atoms with Crippen LogP contribution < -0.4 is 5.32 Å². The lowest BCUT2D eigenvalue weighted by Gasteiger charge is -2.09. The van der Waals surface area contributed by atoms with Crippen molar-refractivity contribution in [3.8, 4) is 0 Å². The number of thioether (sulfide) groups is 1. The van der Waals surface area contributed by atoms with Gasteiger partial charge in [-0.1, -0.05) is 27.7 Å². The van der Waals surface area contributed by atoms with Crippen LogP contribution in [0.2, 0.25) is 0 Å². The van der Waals surface area contributed by atoms with Gasteiger partial charge in [-0.3, -0.25) is 9.59 Å². The van der Waals surface area contributed by atoms with Gasteiger partial charge in [0.1, 0.15) is 0 Å². The fraction of sp³-hybridized carbons (Fsp3) is 0.273. The second kappa shape index (κ2) is 5.01. The van der Waals surface area contributed by atoms with E-state index in [-0.39, 0.29) is 17.1 Å². The summed E-state index contributed by atoms with van der Waals surface area (Å²) in [6, 6.07) is 6.75. The molecule has 0 radical (unpaired) electrons. The van der Waals surface area contributed by atoms with Crippen LogP contribution in [0, 0.1) is 0 Å². The van der Waals surface area contributed by atoms with E-state index in [1.165, 1.54) is 11.8 Å². The molecule has 1 amide bonds. The third-order valence-electron chi connectivity index (χ3n) is 2.35. The van der Waals surface area contributed by atoms with Crippen LogP contribution in [0.1, 0.15) is 16.8 Å². The quantitative estimate of drug-likeness (QED) is 0.911. The molecule has 0 aliphatic carbocycles. The molecule has 0 bridgehead atoms. The highest BCUT2D eigenvalue weighted by molar-refractivity contribution is 9.10. The Bertz CT molecular complexity index is 418. The molecule has 16 heavy (non-hydrogen) atoms. The van der Waals surface area contributed by atoms with E-state index in [1.807, 2.05) is 0 Å². The summed E-state index contributed by atoms with van der Waals surface area (Å²) >= 11 is 4.59. The summed E-state index contributed by atoms with van der Waals surface area (Å²) in [6.45, 7) is 0. The molecule has 1 aliphatic heterocycles. The zero-order chi connectivity index (χ0) is 11.5. The van der Waals surface area contributed by atoms with E-state index < -0.39 is 0 Å². The van der Waals surface area contributed by atoms with Crippen LogP contribution in [0.4, 0.5) is 0 Å². The number of carbonyl (C=O) groups is 2. The SMILES string of the molecule is O=C(N[C@H]1CCSC1=O)c1ccc(Br)cc1. The van der Waals surface area contributed by atoms with Crippen LogP contribution in [0.3, 0.4) is 0 Å². The number of carbonyl (C=O) groups excluding carboxylic acids is 2. The molecule has 0 spiro atoms. The highest BCUT2D eigenvalue weighted by Crippen LogP contribution is 2.20. The van der Waals surface area contributed by atoms with Crippen LogP contribution in [0.5, 0.6) is 0 Å². The lowest BCUT2D eigenvalue weighted by atomic mass is 10.2. The first kappa shape index (κ1) is 11.7. The van der Waals surface area contributed by atoms with Crippen molar-refractivity contribution in [3.63, 3.8) is 0 Å². The van der Waals surface area contributed by atoms with Gasteiger partial charge < -0.3 is 5.32 Å². The highest BCUT2D eigenvalue weighted by atomic mass is 79.9. The van der Waals surface area contributed by atoms with Gasteiger partial charge in [-0.05, 0) is 30.7 Å². The predicted octanol–water partition coefficient (Wildman–Crippen LogP) is 2.21. The molecule has 1 heterocycles. The van der Waals surface area contributed by atoms with Crippen molar-refractivity contribution in [2.45, 2.75) is 12.5 Å². The van der Waals surface area contributed by atoms with E-state index in [1.54, 1.807) is 24.3 Å². The number of nitrogens with one attached hydrogen (secondary N) is 1. The fourth-order valence-electron chi connectivity index (χ4n) is 1.47. The second-order valence-corrected chi connectivity index (χ2v) is 5.50. The van der Waals surface area contributed by atoms with E-state index in [0.29, 0.717) is 5.56 Å². The van der Waals surface area contributed by atoms with Gasteiger partial charge in [-0.2, -0.15) is 0 Å². The fourth-order valence-corrected chi connectivity index (χ4v) is 2.67. The third kappa shape index (κ3) is 2.65. The molecule has 1 atom stereocenters. The molecular weight excluding hydrogens is 290 g/mol. The van der Waals surface area contributed by atoms with Crippen LogP contribution in [0.25, 0.3) is 0 Å². The first-order chi connectivity index (χ1) is 7.66. The van der Waals surface area contributed by atoms with Gasteiger partial charge in [0.15, 0.2) is 0 Å². The smallest absolute Gasteiger partial charge is 0.251 e. The Hall–Kier alpha value is -0.810. The predicted molar refractivity (Wildman–Crippen MR) is 67.5 cm³/mol. The maximum atomic E-state index is 11.8. The van der Waals surface area contributed by atoms with Gasteiger partial charge >= 0.3 is 0 Å². The van der Waals surface area contributed by atoms with Gasteiger partial charge in [0.05, 0.1) is 6.04 Å². The monoisotopic (exact) mass is 299 g/mol. The van der Waals surface area contributed by atoms with Crippen molar-refractivity contribution < 1.29 is 9.59 Å². The molecule has 3 nitrogen and oxygen atoms in total. The molecule has 0 aromatic heterocycles. The van der Waals surface area contributed by atoms with E-state index in [4.69, 9.17) is 0 Å². The van der Waals surface area contributed by atoms with Crippen LogP contribution in [-0.2, 0) is 4.79 Å². The lowest BCUT2D eigenvalue weighted by molar-refractivity contribution is -0.112. The Kier molecular flexibility index (Phi) is 3.66. The van der Waals surface area contributed by atoms with E-state index >= 15 is 0 Å². The molecule has 1 aromatic rings. The Balaban J connectivity index is 2.02. The first-order valence-corrected chi connectivity index (χ1v) is 6.68. The van der Waals surface area contributed by atoms with Gasteiger partial charge in [0.25, 0.3) is 5.91 Å². The summed E-state index contributed by atoms with van der Waals surface area (Å²) in [5, 5.41) is 2.80. The van der Waals surface area contributed by atoms with Crippen molar-refractivity contribution >= 4 is 38.7 Å². The van der Waals surface area contributed by atoms with Crippen molar-refractivity contribution in [3.05, 3.63) is 34.3 Å². The second-order valence-electron chi connectivity index (χ2n) is 3.49. The van der Waals surface area contributed by atoms with E-state index in [2.05, 4.69) is 21.2 Å². The van der Waals surface area contributed by atoms with Gasteiger partial charge in [-0.15, -0.1) is 0 Å². The third-order valence-corrected chi connectivity index (χ3v) is 3.88. The van der Waals surface area contributed by atoms with Gasteiger partial charge in [-0.25, -0.2) is 0 Å². The minimum absolute atomic E-state index is 0.0606. The van der Waals surface area contributed by atoms with E-state index in [0.717, 1.165) is 16.6 Å². The number of benzene rings is 1. The minimum Gasteiger partial charge on any atom is -0.341 e. The van der Waals surface area contributed by atoms with Gasteiger partial charge in [0.2, 0.25) is 5.12 Å². The normalized spacial score (nSPS) is 19.8. The average Bonchev–Trinajstić information content (AvgIpc) is 2.65. The first-order valence-electron chi connectivity index (χ1n) is 4.90.